The minimum Gasteiger partial charge on any atom is -0.350 e. The highest BCUT2D eigenvalue weighted by atomic mass is 32.2. The number of para-hydroxylation sites is 1. The standard InChI is InChI=1S/C26H28FN3O3S/c1-29(2)25(21-8-5-10-22(27)17-21)18-28-26(31)20-12-14-23(15-13-20)34(32,33)30-16-6-9-19-7-3-4-11-24(19)30/h3-5,7-8,10-15,17,25H,6,9,16,18H2,1-2H3,(H,28,31)/t25-/m1/s1. The van der Waals surface area contributed by atoms with Crippen molar-refractivity contribution in [1.29, 1.82) is 0 Å². The van der Waals surface area contributed by atoms with Gasteiger partial charge in [-0.3, -0.25) is 9.10 Å². The van der Waals surface area contributed by atoms with Gasteiger partial charge in [0.1, 0.15) is 5.82 Å². The molecule has 1 heterocycles. The molecule has 34 heavy (non-hydrogen) atoms. The molecule has 0 radical (unpaired) electrons. The summed E-state index contributed by atoms with van der Waals surface area (Å²) >= 11 is 0. The molecular formula is C26H28FN3O3S. The van der Waals surface area contributed by atoms with E-state index in [-0.39, 0.29) is 29.2 Å². The van der Waals surface area contributed by atoms with Crippen LogP contribution in [0.4, 0.5) is 10.1 Å². The number of benzene rings is 3. The summed E-state index contributed by atoms with van der Waals surface area (Å²) in [5, 5.41) is 2.87. The van der Waals surface area contributed by atoms with E-state index < -0.39 is 10.0 Å². The zero-order valence-electron chi connectivity index (χ0n) is 19.2. The molecule has 1 amide bonds. The molecule has 0 fully saturated rings. The van der Waals surface area contributed by atoms with Gasteiger partial charge >= 0.3 is 0 Å². The Morgan fingerprint density at radius 3 is 2.50 bits per heavy atom. The van der Waals surface area contributed by atoms with Crippen molar-refractivity contribution in [1.82, 2.24) is 10.2 Å². The summed E-state index contributed by atoms with van der Waals surface area (Å²) in [5.41, 5.74) is 2.84. The topological polar surface area (TPSA) is 69.7 Å². The van der Waals surface area contributed by atoms with Gasteiger partial charge in [0.25, 0.3) is 15.9 Å². The van der Waals surface area contributed by atoms with Crippen LogP contribution in [-0.2, 0) is 16.4 Å². The minimum absolute atomic E-state index is 0.145. The highest BCUT2D eigenvalue weighted by Gasteiger charge is 2.29. The van der Waals surface area contributed by atoms with Crippen molar-refractivity contribution in [2.75, 3.05) is 31.5 Å². The SMILES string of the molecule is CN(C)[C@H](CNC(=O)c1ccc(S(=O)(=O)N2CCCc3ccccc32)cc1)c1cccc(F)c1. The fourth-order valence-electron chi connectivity index (χ4n) is 4.26. The molecule has 178 valence electrons. The molecule has 0 aliphatic carbocycles. The van der Waals surface area contributed by atoms with Crippen molar-refractivity contribution < 1.29 is 17.6 Å². The smallest absolute Gasteiger partial charge is 0.264 e. The summed E-state index contributed by atoms with van der Waals surface area (Å²) in [4.78, 5) is 14.8. The van der Waals surface area contributed by atoms with Crippen LogP contribution < -0.4 is 9.62 Å². The Kier molecular flexibility index (Phi) is 7.00. The van der Waals surface area contributed by atoms with Gasteiger partial charge in [-0.05, 0) is 80.5 Å². The largest absolute Gasteiger partial charge is 0.350 e. The van der Waals surface area contributed by atoms with E-state index in [0.717, 1.165) is 24.0 Å². The number of sulfonamides is 1. The Morgan fingerprint density at radius 2 is 1.79 bits per heavy atom. The molecule has 3 aromatic carbocycles. The van der Waals surface area contributed by atoms with Gasteiger partial charge in [-0.1, -0.05) is 30.3 Å². The van der Waals surface area contributed by atoms with Crippen molar-refractivity contribution in [3.63, 3.8) is 0 Å². The number of nitrogens with zero attached hydrogens (tertiary/aromatic N) is 2. The van der Waals surface area contributed by atoms with Gasteiger partial charge in [-0.25, -0.2) is 12.8 Å². The molecule has 3 aromatic rings. The van der Waals surface area contributed by atoms with E-state index in [1.165, 1.54) is 40.7 Å². The lowest BCUT2D eigenvalue weighted by Gasteiger charge is -2.30. The number of anilines is 1. The number of carbonyl (C=O) groups is 1. The molecule has 0 saturated carbocycles. The van der Waals surface area contributed by atoms with E-state index >= 15 is 0 Å². The molecular weight excluding hydrogens is 453 g/mol. The van der Waals surface area contributed by atoms with E-state index in [2.05, 4.69) is 5.32 Å². The Bertz CT molecular complexity index is 1280. The fourth-order valence-corrected chi connectivity index (χ4v) is 5.80. The lowest BCUT2D eigenvalue weighted by molar-refractivity contribution is 0.0942. The summed E-state index contributed by atoms with van der Waals surface area (Å²) in [6.45, 7) is 0.702. The van der Waals surface area contributed by atoms with Crippen LogP contribution in [0.2, 0.25) is 0 Å². The second-order valence-corrected chi connectivity index (χ2v) is 10.4. The second-order valence-electron chi connectivity index (χ2n) is 8.58. The summed E-state index contributed by atoms with van der Waals surface area (Å²) in [5.74, 6) is -0.653. The van der Waals surface area contributed by atoms with Crippen molar-refractivity contribution >= 4 is 21.6 Å². The average molecular weight is 482 g/mol. The summed E-state index contributed by atoms with van der Waals surface area (Å²) in [6, 6.07) is 19.6. The number of amides is 1. The first-order valence-corrected chi connectivity index (χ1v) is 12.6. The number of aryl methyl sites for hydroxylation is 1. The lowest BCUT2D eigenvalue weighted by Crippen LogP contribution is -2.35. The van der Waals surface area contributed by atoms with E-state index in [1.807, 2.05) is 49.3 Å². The summed E-state index contributed by atoms with van der Waals surface area (Å²) in [7, 11) is -0.0131. The van der Waals surface area contributed by atoms with Gasteiger partial charge in [0.15, 0.2) is 0 Å². The Balaban J connectivity index is 1.47. The predicted molar refractivity (Wildman–Crippen MR) is 131 cm³/mol. The zero-order chi connectivity index (χ0) is 24.3. The number of rotatable bonds is 7. The van der Waals surface area contributed by atoms with Gasteiger partial charge < -0.3 is 10.2 Å². The zero-order valence-corrected chi connectivity index (χ0v) is 20.1. The number of hydrogen-bond donors (Lipinski definition) is 1. The van der Waals surface area contributed by atoms with Crippen LogP contribution in [-0.4, -0.2) is 46.4 Å². The van der Waals surface area contributed by atoms with Crippen LogP contribution in [0.15, 0.2) is 77.7 Å². The van der Waals surface area contributed by atoms with Crippen LogP contribution in [0.5, 0.6) is 0 Å². The molecule has 0 spiro atoms. The lowest BCUT2D eigenvalue weighted by atomic mass is 10.0. The molecule has 1 N–H and O–H groups in total. The normalized spacial score (nSPS) is 14.5. The Hall–Kier alpha value is -3.23. The molecule has 0 aromatic heterocycles. The first kappa shape index (κ1) is 23.9. The third-order valence-electron chi connectivity index (χ3n) is 6.08. The minimum atomic E-state index is -3.74. The van der Waals surface area contributed by atoms with E-state index in [0.29, 0.717) is 17.8 Å². The summed E-state index contributed by atoms with van der Waals surface area (Å²) in [6.07, 6.45) is 1.61. The highest BCUT2D eigenvalue weighted by Crippen LogP contribution is 2.31. The van der Waals surface area contributed by atoms with E-state index in [1.54, 1.807) is 6.07 Å². The number of hydrogen-bond acceptors (Lipinski definition) is 4. The Morgan fingerprint density at radius 1 is 1.06 bits per heavy atom. The molecule has 4 rings (SSSR count). The quantitative estimate of drug-likeness (QED) is 0.554. The van der Waals surface area contributed by atoms with Crippen LogP contribution in [0, 0.1) is 5.82 Å². The van der Waals surface area contributed by atoms with Crippen molar-refractivity contribution in [3.8, 4) is 0 Å². The second kappa shape index (κ2) is 9.95. The van der Waals surface area contributed by atoms with Crippen LogP contribution >= 0.6 is 0 Å². The molecule has 6 nitrogen and oxygen atoms in total. The van der Waals surface area contributed by atoms with Gasteiger partial charge in [0, 0.05) is 18.7 Å². The predicted octanol–water partition coefficient (Wildman–Crippen LogP) is 4.00. The maximum Gasteiger partial charge on any atom is 0.264 e. The number of halogens is 1. The fraction of sp³-hybridized carbons (Fsp3) is 0.269. The van der Waals surface area contributed by atoms with Gasteiger partial charge in [0.05, 0.1) is 16.6 Å². The first-order chi connectivity index (χ1) is 16.3. The number of likely N-dealkylation sites (N-methyl/N-ethyl adjacent to an activating group) is 1. The Labute approximate surface area is 200 Å². The first-order valence-electron chi connectivity index (χ1n) is 11.2. The third-order valence-corrected chi connectivity index (χ3v) is 7.91. The van der Waals surface area contributed by atoms with Crippen LogP contribution in [0.3, 0.4) is 0 Å². The van der Waals surface area contributed by atoms with Crippen molar-refractivity contribution in [2.24, 2.45) is 0 Å². The number of nitrogens with one attached hydrogen (secondary N) is 1. The molecule has 0 bridgehead atoms. The molecule has 0 unspecified atom stereocenters. The third kappa shape index (κ3) is 4.98. The van der Waals surface area contributed by atoms with Crippen LogP contribution in [0.1, 0.15) is 33.9 Å². The van der Waals surface area contributed by atoms with Gasteiger partial charge in [-0.2, -0.15) is 0 Å². The van der Waals surface area contributed by atoms with Gasteiger partial charge in [0.2, 0.25) is 0 Å². The number of carbonyl (C=O) groups excluding carboxylic acids is 1. The summed E-state index contributed by atoms with van der Waals surface area (Å²) < 4.78 is 41.7. The molecule has 1 aliphatic rings. The molecule has 0 saturated heterocycles. The van der Waals surface area contributed by atoms with Crippen molar-refractivity contribution in [2.45, 2.75) is 23.8 Å². The van der Waals surface area contributed by atoms with Gasteiger partial charge in [-0.15, -0.1) is 0 Å². The monoisotopic (exact) mass is 481 g/mol. The van der Waals surface area contributed by atoms with E-state index in [4.69, 9.17) is 0 Å². The molecule has 8 heteroatoms. The molecule has 1 atom stereocenters. The maximum atomic E-state index is 13.6. The highest BCUT2D eigenvalue weighted by molar-refractivity contribution is 7.92. The number of fused-ring (bicyclic) bond motifs is 1. The van der Waals surface area contributed by atoms with Crippen molar-refractivity contribution in [3.05, 3.63) is 95.3 Å². The molecule has 1 aliphatic heterocycles. The average Bonchev–Trinajstić information content (AvgIpc) is 2.83. The maximum absolute atomic E-state index is 13.6. The van der Waals surface area contributed by atoms with E-state index in [9.17, 15) is 17.6 Å². The van der Waals surface area contributed by atoms with Crippen LogP contribution in [0.25, 0.3) is 0 Å².